The Balaban J connectivity index is 1.60. The lowest BCUT2D eigenvalue weighted by Gasteiger charge is -2.25. The molecule has 1 fully saturated rings. The fourth-order valence-electron chi connectivity index (χ4n) is 4.59. The fourth-order valence-corrected chi connectivity index (χ4v) is 4.59. The molecular formula is C26H24F2N4O2. The first-order valence-electron chi connectivity index (χ1n) is 11.2. The van der Waals surface area contributed by atoms with Crippen LogP contribution in [0.15, 0.2) is 60.8 Å². The van der Waals surface area contributed by atoms with Gasteiger partial charge in [-0.15, -0.1) is 0 Å². The van der Waals surface area contributed by atoms with Crippen LogP contribution in [0.4, 0.5) is 8.78 Å². The number of halogens is 2. The minimum absolute atomic E-state index is 0.0741. The number of fused-ring (bicyclic) bond motifs is 1. The molecule has 3 heterocycles. The van der Waals surface area contributed by atoms with Gasteiger partial charge in [0.1, 0.15) is 17.0 Å². The summed E-state index contributed by atoms with van der Waals surface area (Å²) in [4.78, 5) is 20.0. The van der Waals surface area contributed by atoms with E-state index >= 15 is 0 Å². The monoisotopic (exact) mass is 462 g/mol. The summed E-state index contributed by atoms with van der Waals surface area (Å²) in [5, 5.41) is 4.11. The Morgan fingerprint density at radius 2 is 1.91 bits per heavy atom. The molecule has 0 aliphatic carbocycles. The molecule has 1 saturated heterocycles. The second-order valence-electron chi connectivity index (χ2n) is 8.43. The molecule has 6 nitrogen and oxygen atoms in total. The number of ether oxygens (including phenoxy) is 1. The summed E-state index contributed by atoms with van der Waals surface area (Å²) in [6.07, 6.45) is 0.253. The summed E-state index contributed by atoms with van der Waals surface area (Å²) in [5.74, 6) is 0.244. The summed E-state index contributed by atoms with van der Waals surface area (Å²) in [6.45, 7) is 2.61. The number of aryl methyl sites for hydroxylation is 1. The molecule has 2 aromatic carbocycles. The van der Waals surface area contributed by atoms with Crippen molar-refractivity contribution in [2.75, 3.05) is 13.7 Å². The summed E-state index contributed by atoms with van der Waals surface area (Å²) >= 11 is 0. The predicted molar refractivity (Wildman–Crippen MR) is 124 cm³/mol. The molecule has 2 aromatic heterocycles. The van der Waals surface area contributed by atoms with E-state index in [4.69, 9.17) is 4.74 Å². The molecule has 0 bridgehead atoms. The van der Waals surface area contributed by atoms with Gasteiger partial charge in [-0.2, -0.15) is 5.10 Å². The highest BCUT2D eigenvalue weighted by Gasteiger charge is 2.33. The van der Waals surface area contributed by atoms with Crippen molar-refractivity contribution in [2.24, 2.45) is 0 Å². The predicted octanol–water partition coefficient (Wildman–Crippen LogP) is 5.63. The lowest BCUT2D eigenvalue weighted by molar-refractivity contribution is 0.0737. The third kappa shape index (κ3) is 3.79. The normalized spacial score (nSPS) is 15.9. The summed E-state index contributed by atoms with van der Waals surface area (Å²) in [5.41, 5.74) is 3.05. The zero-order chi connectivity index (χ0) is 23.8. The second-order valence-corrected chi connectivity index (χ2v) is 8.43. The molecule has 174 valence electrons. The molecule has 0 N–H and O–H groups in total. The molecule has 1 aliphatic rings. The molecule has 1 aliphatic heterocycles. The number of alkyl halides is 2. The van der Waals surface area contributed by atoms with Gasteiger partial charge in [-0.1, -0.05) is 42.0 Å². The standard InChI is InChI=1S/C26H24F2N4O2/c1-16-9-11-17(12-10-16)21-7-5-13-31(21)26(33)19-15-29-32-22(24(27)28)14-20(30-25(19)32)18-6-3-4-8-23(18)34-2/h3-4,6,8-12,14-15,21,24H,5,7,13H2,1-2H3/t21-/m0/s1. The Morgan fingerprint density at radius 1 is 1.15 bits per heavy atom. The van der Waals surface area contributed by atoms with Gasteiger partial charge in [0.2, 0.25) is 0 Å². The summed E-state index contributed by atoms with van der Waals surface area (Å²) in [6, 6.07) is 16.4. The van der Waals surface area contributed by atoms with Crippen LogP contribution in [-0.2, 0) is 0 Å². The Morgan fingerprint density at radius 3 is 2.65 bits per heavy atom. The van der Waals surface area contributed by atoms with E-state index in [9.17, 15) is 13.6 Å². The van der Waals surface area contributed by atoms with Gasteiger partial charge >= 0.3 is 0 Å². The van der Waals surface area contributed by atoms with Gasteiger partial charge in [-0.3, -0.25) is 4.79 Å². The van der Waals surface area contributed by atoms with E-state index in [0.29, 0.717) is 23.6 Å². The van der Waals surface area contributed by atoms with E-state index in [2.05, 4.69) is 10.1 Å². The van der Waals surface area contributed by atoms with Crippen LogP contribution >= 0.6 is 0 Å². The summed E-state index contributed by atoms with van der Waals surface area (Å²) < 4.78 is 34.4. The SMILES string of the molecule is COc1ccccc1-c1cc(C(F)F)n2ncc(C(=O)N3CCC[C@H]3c3ccc(C)cc3)c2n1. The van der Waals surface area contributed by atoms with Gasteiger partial charge in [0, 0.05) is 12.1 Å². The van der Waals surface area contributed by atoms with E-state index in [0.717, 1.165) is 28.5 Å². The van der Waals surface area contributed by atoms with Gasteiger partial charge in [-0.05, 0) is 43.5 Å². The molecule has 1 amide bonds. The van der Waals surface area contributed by atoms with Crippen LogP contribution in [0, 0.1) is 6.92 Å². The minimum atomic E-state index is -2.80. The van der Waals surface area contributed by atoms with E-state index in [-0.39, 0.29) is 28.9 Å². The number of carbonyl (C=O) groups excluding carboxylic acids is 1. The number of hydrogen-bond donors (Lipinski definition) is 0. The van der Waals surface area contributed by atoms with Crippen molar-refractivity contribution < 1.29 is 18.3 Å². The molecule has 5 rings (SSSR count). The Bertz CT molecular complexity index is 1350. The number of benzene rings is 2. The van der Waals surface area contributed by atoms with Crippen molar-refractivity contribution in [1.29, 1.82) is 0 Å². The molecular weight excluding hydrogens is 438 g/mol. The number of aromatic nitrogens is 3. The van der Waals surface area contributed by atoms with Crippen LogP contribution in [0.5, 0.6) is 5.75 Å². The molecule has 0 radical (unpaired) electrons. The van der Waals surface area contributed by atoms with Crippen LogP contribution < -0.4 is 4.74 Å². The number of rotatable bonds is 5. The van der Waals surface area contributed by atoms with Gasteiger partial charge in [0.25, 0.3) is 12.3 Å². The maximum Gasteiger partial charge on any atom is 0.280 e. The maximum absolute atomic E-state index is 14.0. The molecule has 1 atom stereocenters. The number of hydrogen-bond acceptors (Lipinski definition) is 4. The highest BCUT2D eigenvalue weighted by molar-refractivity contribution is 6.00. The molecule has 0 spiro atoms. The Hall–Kier alpha value is -3.81. The van der Waals surface area contributed by atoms with E-state index < -0.39 is 6.43 Å². The first-order chi connectivity index (χ1) is 16.5. The molecule has 34 heavy (non-hydrogen) atoms. The van der Waals surface area contributed by atoms with Crippen molar-refractivity contribution in [2.45, 2.75) is 32.2 Å². The number of likely N-dealkylation sites (tertiary alicyclic amines) is 1. The van der Waals surface area contributed by atoms with E-state index in [1.54, 1.807) is 29.2 Å². The van der Waals surface area contributed by atoms with Crippen LogP contribution in [-0.4, -0.2) is 39.1 Å². The van der Waals surface area contributed by atoms with Gasteiger partial charge in [0.05, 0.1) is 25.0 Å². The smallest absolute Gasteiger partial charge is 0.280 e. The largest absolute Gasteiger partial charge is 0.496 e. The lowest BCUT2D eigenvalue weighted by atomic mass is 10.0. The maximum atomic E-state index is 14.0. The van der Waals surface area contributed by atoms with Gasteiger partial charge < -0.3 is 9.64 Å². The zero-order valence-corrected chi connectivity index (χ0v) is 18.9. The Kier molecular flexibility index (Phi) is 5.73. The number of nitrogens with zero attached hydrogens (tertiary/aromatic N) is 4. The highest BCUT2D eigenvalue weighted by Crippen LogP contribution is 2.35. The molecule has 4 aromatic rings. The average Bonchev–Trinajstić information content (AvgIpc) is 3.51. The van der Waals surface area contributed by atoms with Gasteiger partial charge in [-0.25, -0.2) is 18.3 Å². The number of para-hydroxylation sites is 1. The van der Waals surface area contributed by atoms with Crippen molar-refractivity contribution in [1.82, 2.24) is 19.5 Å². The first kappa shape index (κ1) is 22.0. The zero-order valence-electron chi connectivity index (χ0n) is 18.9. The molecule has 0 saturated carbocycles. The molecule has 0 unspecified atom stereocenters. The molecule has 8 heteroatoms. The third-order valence-electron chi connectivity index (χ3n) is 6.31. The van der Waals surface area contributed by atoms with E-state index in [1.165, 1.54) is 19.4 Å². The third-order valence-corrected chi connectivity index (χ3v) is 6.31. The topological polar surface area (TPSA) is 59.7 Å². The van der Waals surface area contributed by atoms with Crippen LogP contribution in [0.1, 0.15) is 52.5 Å². The Labute approximate surface area is 195 Å². The van der Waals surface area contributed by atoms with Crippen molar-refractivity contribution in [3.8, 4) is 17.0 Å². The first-order valence-corrected chi connectivity index (χ1v) is 11.2. The second kappa shape index (κ2) is 8.85. The fraction of sp³-hybridized carbons (Fsp3) is 0.269. The van der Waals surface area contributed by atoms with Crippen LogP contribution in [0.2, 0.25) is 0 Å². The van der Waals surface area contributed by atoms with Crippen molar-refractivity contribution in [3.05, 3.63) is 83.2 Å². The van der Waals surface area contributed by atoms with E-state index in [1.807, 2.05) is 31.2 Å². The average molecular weight is 463 g/mol. The minimum Gasteiger partial charge on any atom is -0.496 e. The van der Waals surface area contributed by atoms with Crippen LogP contribution in [0.25, 0.3) is 16.9 Å². The number of methoxy groups -OCH3 is 1. The van der Waals surface area contributed by atoms with Crippen molar-refractivity contribution in [3.63, 3.8) is 0 Å². The quantitative estimate of drug-likeness (QED) is 0.386. The van der Waals surface area contributed by atoms with Crippen LogP contribution in [0.3, 0.4) is 0 Å². The number of carbonyl (C=O) groups is 1. The highest BCUT2D eigenvalue weighted by atomic mass is 19.3. The van der Waals surface area contributed by atoms with Gasteiger partial charge in [0.15, 0.2) is 5.65 Å². The summed E-state index contributed by atoms with van der Waals surface area (Å²) in [7, 11) is 1.51. The number of amides is 1. The van der Waals surface area contributed by atoms with Crippen molar-refractivity contribution >= 4 is 11.6 Å². The lowest BCUT2D eigenvalue weighted by Crippen LogP contribution is -2.30.